The first-order chi connectivity index (χ1) is 12.3. The average molecular weight is 420 g/mol. The highest BCUT2D eigenvalue weighted by atomic mass is 79.9. The Hall–Kier alpha value is -3.08. The molecular formula is C15H14BrN7O3. The van der Waals surface area contributed by atoms with Crippen LogP contribution in [0.5, 0.6) is 0 Å². The van der Waals surface area contributed by atoms with Crippen molar-refractivity contribution < 1.29 is 9.72 Å². The molecule has 0 radical (unpaired) electrons. The number of nitro groups is 1. The summed E-state index contributed by atoms with van der Waals surface area (Å²) >= 11 is 3.27. The van der Waals surface area contributed by atoms with Crippen molar-refractivity contribution >= 4 is 33.3 Å². The Labute approximate surface area is 156 Å². The minimum absolute atomic E-state index is 0.0172. The van der Waals surface area contributed by atoms with Crippen molar-refractivity contribution in [2.75, 3.05) is 5.32 Å². The lowest BCUT2D eigenvalue weighted by atomic mass is 10.3. The number of amides is 1. The number of nitrogens with zero attached hydrogens (tertiary/aromatic N) is 6. The van der Waals surface area contributed by atoms with Gasteiger partial charge in [-0.3, -0.25) is 19.6 Å². The summed E-state index contributed by atoms with van der Waals surface area (Å²) in [6.45, 7) is 3.35. The van der Waals surface area contributed by atoms with Crippen molar-refractivity contribution in [1.29, 1.82) is 0 Å². The Morgan fingerprint density at radius 2 is 2.08 bits per heavy atom. The maximum absolute atomic E-state index is 12.2. The van der Waals surface area contributed by atoms with Gasteiger partial charge in [0.05, 0.1) is 4.92 Å². The van der Waals surface area contributed by atoms with Gasteiger partial charge < -0.3 is 5.32 Å². The van der Waals surface area contributed by atoms with Crippen LogP contribution in [-0.2, 0) is 6.67 Å². The largest absolute Gasteiger partial charge is 0.312 e. The molecule has 10 nitrogen and oxygen atoms in total. The van der Waals surface area contributed by atoms with Crippen LogP contribution in [0.1, 0.15) is 21.9 Å². The number of rotatable bonds is 5. The first-order valence-corrected chi connectivity index (χ1v) is 8.29. The molecule has 26 heavy (non-hydrogen) atoms. The van der Waals surface area contributed by atoms with Gasteiger partial charge in [0.1, 0.15) is 23.9 Å². The third-order valence-electron chi connectivity index (χ3n) is 3.65. The van der Waals surface area contributed by atoms with Crippen molar-refractivity contribution in [3.63, 3.8) is 0 Å². The fourth-order valence-corrected chi connectivity index (χ4v) is 2.65. The maximum Gasteiger partial charge on any atom is 0.312 e. The topological polar surface area (TPSA) is 121 Å². The SMILES string of the molecule is Cc1nn(Cn2ccc(C(=O)Nc3ccc(Br)cn3)n2)c(C)c1[N+](=O)[O-]. The van der Waals surface area contributed by atoms with E-state index in [1.165, 1.54) is 9.36 Å². The van der Waals surface area contributed by atoms with E-state index in [0.717, 1.165) is 4.47 Å². The van der Waals surface area contributed by atoms with Crippen LogP contribution < -0.4 is 5.32 Å². The Bertz CT molecular complexity index is 978. The van der Waals surface area contributed by atoms with E-state index in [0.29, 0.717) is 17.2 Å². The van der Waals surface area contributed by atoms with E-state index in [1.807, 2.05) is 0 Å². The van der Waals surface area contributed by atoms with Gasteiger partial charge in [0.25, 0.3) is 5.91 Å². The van der Waals surface area contributed by atoms with Gasteiger partial charge in [-0.1, -0.05) is 0 Å². The van der Waals surface area contributed by atoms with Gasteiger partial charge in [-0.2, -0.15) is 10.2 Å². The van der Waals surface area contributed by atoms with Crippen molar-refractivity contribution in [1.82, 2.24) is 24.5 Å². The predicted molar refractivity (Wildman–Crippen MR) is 95.9 cm³/mol. The molecule has 3 heterocycles. The molecule has 0 saturated heterocycles. The summed E-state index contributed by atoms with van der Waals surface area (Å²) < 4.78 is 3.75. The molecule has 0 unspecified atom stereocenters. The Kier molecular flexibility index (Phi) is 4.80. The summed E-state index contributed by atoms with van der Waals surface area (Å²) in [6.07, 6.45) is 3.18. The molecular weight excluding hydrogens is 406 g/mol. The number of carbonyl (C=O) groups is 1. The van der Waals surface area contributed by atoms with Crippen molar-refractivity contribution in [2.24, 2.45) is 0 Å². The highest BCUT2D eigenvalue weighted by molar-refractivity contribution is 9.10. The van der Waals surface area contributed by atoms with E-state index in [4.69, 9.17) is 0 Å². The van der Waals surface area contributed by atoms with Crippen LogP contribution in [-0.4, -0.2) is 35.4 Å². The number of aryl methyl sites for hydroxylation is 1. The molecule has 0 aliphatic carbocycles. The van der Waals surface area contributed by atoms with Crippen LogP contribution >= 0.6 is 15.9 Å². The van der Waals surface area contributed by atoms with E-state index < -0.39 is 10.8 Å². The number of anilines is 1. The van der Waals surface area contributed by atoms with E-state index >= 15 is 0 Å². The molecule has 0 aromatic carbocycles. The summed E-state index contributed by atoms with van der Waals surface area (Å²) in [4.78, 5) is 26.9. The summed E-state index contributed by atoms with van der Waals surface area (Å²) in [6, 6.07) is 4.97. The van der Waals surface area contributed by atoms with Crippen LogP contribution in [0, 0.1) is 24.0 Å². The minimum atomic E-state index is -0.457. The number of hydrogen-bond acceptors (Lipinski definition) is 6. The van der Waals surface area contributed by atoms with Crippen LogP contribution in [0.25, 0.3) is 0 Å². The molecule has 134 valence electrons. The smallest absolute Gasteiger partial charge is 0.305 e. The number of halogens is 1. The monoisotopic (exact) mass is 419 g/mol. The Balaban J connectivity index is 1.74. The van der Waals surface area contributed by atoms with Crippen molar-refractivity contribution in [3.8, 4) is 0 Å². The molecule has 3 rings (SSSR count). The lowest BCUT2D eigenvalue weighted by molar-refractivity contribution is -0.386. The average Bonchev–Trinajstić information content (AvgIpc) is 3.15. The highest BCUT2D eigenvalue weighted by Gasteiger charge is 2.22. The zero-order valence-corrected chi connectivity index (χ0v) is 15.5. The number of carbonyl (C=O) groups excluding carboxylic acids is 1. The fourth-order valence-electron chi connectivity index (χ4n) is 2.42. The number of hydrogen-bond donors (Lipinski definition) is 1. The third-order valence-corrected chi connectivity index (χ3v) is 4.12. The zero-order chi connectivity index (χ0) is 18.8. The van der Waals surface area contributed by atoms with Gasteiger partial charge in [0.15, 0.2) is 5.69 Å². The van der Waals surface area contributed by atoms with E-state index in [1.54, 1.807) is 44.4 Å². The molecule has 0 bridgehead atoms. The van der Waals surface area contributed by atoms with Crippen LogP contribution in [0.15, 0.2) is 35.1 Å². The van der Waals surface area contributed by atoms with Crippen LogP contribution in [0.4, 0.5) is 11.5 Å². The second-order valence-electron chi connectivity index (χ2n) is 5.47. The summed E-state index contributed by atoms with van der Waals surface area (Å²) in [5.41, 5.74) is 0.939. The second-order valence-corrected chi connectivity index (χ2v) is 6.39. The molecule has 11 heteroatoms. The van der Waals surface area contributed by atoms with Gasteiger partial charge in [-0.25, -0.2) is 9.67 Å². The van der Waals surface area contributed by atoms with E-state index in [-0.39, 0.29) is 18.1 Å². The van der Waals surface area contributed by atoms with Gasteiger partial charge in [0, 0.05) is 16.9 Å². The minimum Gasteiger partial charge on any atom is -0.305 e. The summed E-state index contributed by atoms with van der Waals surface area (Å²) in [5.74, 6) is -0.000147. The van der Waals surface area contributed by atoms with Crippen molar-refractivity contribution in [3.05, 3.63) is 62.3 Å². The molecule has 3 aromatic heterocycles. The normalized spacial score (nSPS) is 10.7. The van der Waals surface area contributed by atoms with Gasteiger partial charge in [0.2, 0.25) is 0 Å². The lowest BCUT2D eigenvalue weighted by Crippen LogP contribution is -2.16. The molecule has 0 fully saturated rings. The number of pyridine rings is 1. The molecule has 3 aromatic rings. The predicted octanol–water partition coefficient (Wildman–Crippen LogP) is 2.52. The quantitative estimate of drug-likeness (QED) is 0.500. The molecule has 0 aliphatic rings. The highest BCUT2D eigenvalue weighted by Crippen LogP contribution is 2.21. The van der Waals surface area contributed by atoms with Crippen LogP contribution in [0.2, 0.25) is 0 Å². The maximum atomic E-state index is 12.2. The first kappa shape index (κ1) is 17.7. The van der Waals surface area contributed by atoms with Gasteiger partial charge in [-0.15, -0.1) is 0 Å². The second kappa shape index (κ2) is 7.04. The summed E-state index contributed by atoms with van der Waals surface area (Å²) in [5, 5.41) is 22.0. The van der Waals surface area contributed by atoms with E-state index in [2.05, 4.69) is 36.4 Å². The zero-order valence-electron chi connectivity index (χ0n) is 13.9. The number of nitrogens with one attached hydrogen (secondary N) is 1. The first-order valence-electron chi connectivity index (χ1n) is 7.50. The van der Waals surface area contributed by atoms with Crippen molar-refractivity contribution in [2.45, 2.75) is 20.5 Å². The molecule has 0 spiro atoms. The standard InChI is InChI=1S/C15H14BrN7O3/c1-9-14(23(25)26)10(2)22(19-9)8-21-6-5-12(20-21)15(24)18-13-4-3-11(16)7-17-13/h3-7H,8H2,1-2H3,(H,17,18,24). The van der Waals surface area contributed by atoms with Crippen LogP contribution in [0.3, 0.4) is 0 Å². The lowest BCUT2D eigenvalue weighted by Gasteiger charge is -2.04. The Morgan fingerprint density at radius 3 is 2.69 bits per heavy atom. The Morgan fingerprint density at radius 1 is 1.31 bits per heavy atom. The summed E-state index contributed by atoms with van der Waals surface area (Å²) in [7, 11) is 0. The van der Waals surface area contributed by atoms with Gasteiger partial charge >= 0.3 is 5.69 Å². The number of aromatic nitrogens is 5. The molecule has 0 atom stereocenters. The fraction of sp³-hybridized carbons (Fsp3) is 0.200. The molecule has 1 amide bonds. The van der Waals surface area contributed by atoms with Gasteiger partial charge in [-0.05, 0) is 48.0 Å². The third kappa shape index (κ3) is 3.61. The molecule has 1 N–H and O–H groups in total. The van der Waals surface area contributed by atoms with E-state index in [9.17, 15) is 14.9 Å². The molecule has 0 saturated carbocycles. The molecule has 0 aliphatic heterocycles.